The molecule has 4 N–H and O–H groups in total. The highest BCUT2D eigenvalue weighted by molar-refractivity contribution is 7.92. The molecular weight excluding hydrogens is 446 g/mol. The highest BCUT2D eigenvalue weighted by atomic mass is 32.2. The van der Waals surface area contributed by atoms with Crippen LogP contribution in [0.25, 0.3) is 0 Å². The van der Waals surface area contributed by atoms with Crippen LogP contribution >= 0.6 is 11.3 Å². The lowest BCUT2D eigenvalue weighted by Gasteiger charge is -2.27. The quantitative estimate of drug-likeness (QED) is 0.502. The summed E-state index contributed by atoms with van der Waals surface area (Å²) < 4.78 is 26.9. The van der Waals surface area contributed by atoms with Crippen LogP contribution in [0, 0.1) is 0 Å². The Balaban J connectivity index is 1.43. The maximum absolute atomic E-state index is 13.4. The zero-order valence-electron chi connectivity index (χ0n) is 18.1. The smallest absolute Gasteiger partial charge is 0.188 e. The third-order valence-corrected chi connectivity index (χ3v) is 10.0. The number of anilines is 3. The number of hydrogen-bond acceptors (Lipinski definition) is 9. The van der Waals surface area contributed by atoms with Gasteiger partial charge in [0.1, 0.15) is 11.6 Å². The third kappa shape index (κ3) is 4.78. The van der Waals surface area contributed by atoms with Gasteiger partial charge in [0, 0.05) is 10.9 Å². The van der Waals surface area contributed by atoms with Crippen LogP contribution in [0.2, 0.25) is 0 Å². The minimum atomic E-state index is -3.46. The molecule has 0 aromatic carbocycles. The number of aliphatic hydroxyl groups is 1. The molecular formula is C22H31N5O3S2. The first-order valence-corrected chi connectivity index (χ1v) is 14.0. The molecule has 2 aromatic heterocycles. The summed E-state index contributed by atoms with van der Waals surface area (Å²) in [7, 11) is -3.46. The molecule has 1 saturated carbocycles. The summed E-state index contributed by atoms with van der Waals surface area (Å²) in [5.41, 5.74) is 1.15. The fraction of sp³-hybridized carbons (Fsp3) is 0.636. The van der Waals surface area contributed by atoms with Gasteiger partial charge in [0.15, 0.2) is 15.0 Å². The molecule has 0 spiro atoms. The number of piperidine rings is 1. The Morgan fingerprint density at radius 3 is 2.50 bits per heavy atom. The normalized spacial score (nSPS) is 24.3. The van der Waals surface area contributed by atoms with Crippen molar-refractivity contribution in [3.05, 3.63) is 22.7 Å². The van der Waals surface area contributed by atoms with Crippen LogP contribution in [0.5, 0.6) is 0 Å². The van der Waals surface area contributed by atoms with Gasteiger partial charge < -0.3 is 21.1 Å². The lowest BCUT2D eigenvalue weighted by Crippen LogP contribution is -2.35. The maximum Gasteiger partial charge on any atom is 0.188 e. The standard InChI is InChI=1S/C22H31N5O3S2/c28-15-6-4-14(5-7-15)24-20-12-17(32(29,30)16-8-10-23-11-9-16)13-21(26-20)27-22-25-18-2-1-3-19(18)31-22/h12-16,23,28H,1-11H2,(H2,24,25,26,27)/t14-,15-. The van der Waals surface area contributed by atoms with Gasteiger partial charge in [-0.15, -0.1) is 11.3 Å². The molecule has 32 heavy (non-hydrogen) atoms. The van der Waals surface area contributed by atoms with Crippen LogP contribution in [0.4, 0.5) is 16.8 Å². The Morgan fingerprint density at radius 2 is 1.75 bits per heavy atom. The van der Waals surface area contributed by atoms with E-state index in [0.29, 0.717) is 29.4 Å². The summed E-state index contributed by atoms with van der Waals surface area (Å²) in [6.07, 6.45) is 7.41. The minimum absolute atomic E-state index is 0.180. The van der Waals surface area contributed by atoms with Crippen LogP contribution in [0.15, 0.2) is 17.0 Å². The van der Waals surface area contributed by atoms with E-state index < -0.39 is 9.84 Å². The monoisotopic (exact) mass is 477 g/mol. The van der Waals surface area contributed by atoms with Gasteiger partial charge in [-0.1, -0.05) is 0 Å². The first-order valence-electron chi connectivity index (χ1n) is 11.6. The second-order valence-corrected chi connectivity index (χ2v) is 12.4. The van der Waals surface area contributed by atoms with Crippen molar-refractivity contribution >= 4 is 37.9 Å². The number of sulfone groups is 1. The van der Waals surface area contributed by atoms with Crippen LogP contribution in [-0.2, 0) is 22.7 Å². The molecule has 0 unspecified atom stereocenters. The summed E-state index contributed by atoms with van der Waals surface area (Å²) in [5, 5.41) is 20.1. The Labute approximate surface area is 193 Å². The van der Waals surface area contributed by atoms with E-state index in [9.17, 15) is 13.5 Å². The van der Waals surface area contributed by atoms with Gasteiger partial charge in [0.05, 0.1) is 21.9 Å². The molecule has 1 saturated heterocycles. The zero-order valence-corrected chi connectivity index (χ0v) is 19.8. The lowest BCUT2D eigenvalue weighted by atomic mass is 9.93. The molecule has 0 amide bonds. The van der Waals surface area contributed by atoms with Gasteiger partial charge in [-0.3, -0.25) is 0 Å². The Morgan fingerprint density at radius 1 is 1.00 bits per heavy atom. The van der Waals surface area contributed by atoms with E-state index in [1.807, 2.05) is 0 Å². The Hall–Kier alpha value is -1.75. The molecule has 8 nitrogen and oxygen atoms in total. The molecule has 1 aliphatic heterocycles. The molecule has 5 rings (SSSR count). The second-order valence-electron chi connectivity index (χ2n) is 9.08. The number of aryl methyl sites for hydroxylation is 2. The van der Waals surface area contributed by atoms with E-state index >= 15 is 0 Å². The van der Waals surface area contributed by atoms with E-state index in [4.69, 9.17) is 0 Å². The van der Waals surface area contributed by atoms with Crippen LogP contribution in [0.3, 0.4) is 0 Å². The average Bonchev–Trinajstić information content (AvgIpc) is 3.38. The van der Waals surface area contributed by atoms with Crippen molar-refractivity contribution in [3.8, 4) is 0 Å². The fourth-order valence-corrected chi connectivity index (χ4v) is 7.74. The highest BCUT2D eigenvalue weighted by Crippen LogP contribution is 2.33. The second kappa shape index (κ2) is 9.24. The number of fused-ring (bicyclic) bond motifs is 1. The van der Waals surface area contributed by atoms with Crippen LogP contribution < -0.4 is 16.0 Å². The van der Waals surface area contributed by atoms with E-state index in [0.717, 1.165) is 68.9 Å². The fourth-order valence-electron chi connectivity index (χ4n) is 4.89. The molecule has 3 aliphatic rings. The number of aromatic nitrogens is 2. The highest BCUT2D eigenvalue weighted by Gasteiger charge is 2.30. The third-order valence-electron chi connectivity index (χ3n) is 6.73. The Bertz CT molecular complexity index is 1040. The summed E-state index contributed by atoms with van der Waals surface area (Å²) >= 11 is 1.63. The number of rotatable bonds is 6. The van der Waals surface area contributed by atoms with Crippen molar-refractivity contribution in [2.24, 2.45) is 0 Å². The van der Waals surface area contributed by atoms with Gasteiger partial charge in [-0.05, 0) is 83.0 Å². The largest absolute Gasteiger partial charge is 0.393 e. The maximum atomic E-state index is 13.4. The number of nitrogens with one attached hydrogen (secondary N) is 3. The van der Waals surface area contributed by atoms with Crippen LogP contribution in [-0.4, -0.2) is 54.0 Å². The van der Waals surface area contributed by atoms with Gasteiger partial charge >= 0.3 is 0 Å². The van der Waals surface area contributed by atoms with Crippen molar-refractivity contribution in [2.75, 3.05) is 23.7 Å². The zero-order chi connectivity index (χ0) is 22.1. The van der Waals surface area contributed by atoms with Crippen molar-refractivity contribution in [3.63, 3.8) is 0 Å². The number of thiazole rings is 1. The van der Waals surface area contributed by atoms with Crippen molar-refractivity contribution in [1.29, 1.82) is 0 Å². The molecule has 0 atom stereocenters. The van der Waals surface area contributed by atoms with E-state index in [1.165, 1.54) is 4.88 Å². The number of aliphatic hydroxyl groups excluding tert-OH is 1. The number of nitrogens with zero attached hydrogens (tertiary/aromatic N) is 2. The van der Waals surface area contributed by atoms with Gasteiger partial charge in [-0.25, -0.2) is 18.4 Å². The average molecular weight is 478 g/mol. The molecule has 2 aromatic rings. The van der Waals surface area contributed by atoms with E-state index in [2.05, 4.69) is 25.9 Å². The molecule has 174 valence electrons. The molecule has 0 radical (unpaired) electrons. The molecule has 10 heteroatoms. The molecule has 3 heterocycles. The molecule has 2 aliphatic carbocycles. The van der Waals surface area contributed by atoms with Gasteiger partial charge in [-0.2, -0.15) is 0 Å². The Kier molecular flexibility index (Phi) is 6.37. The SMILES string of the molecule is O=S(=O)(c1cc(Nc2nc3c(s2)CCC3)nc(N[C@H]2CC[C@H](O)CC2)c1)C1CCNCC1. The van der Waals surface area contributed by atoms with Crippen molar-refractivity contribution < 1.29 is 13.5 Å². The van der Waals surface area contributed by atoms with Crippen LogP contribution in [0.1, 0.15) is 55.5 Å². The summed E-state index contributed by atoms with van der Waals surface area (Å²) in [4.78, 5) is 11.0. The predicted octanol–water partition coefficient (Wildman–Crippen LogP) is 3.01. The number of hydrogen-bond donors (Lipinski definition) is 4. The van der Waals surface area contributed by atoms with Crippen molar-refractivity contribution in [1.82, 2.24) is 15.3 Å². The summed E-state index contributed by atoms with van der Waals surface area (Å²) in [5.74, 6) is 1.07. The van der Waals surface area contributed by atoms with E-state index in [1.54, 1.807) is 23.5 Å². The van der Waals surface area contributed by atoms with Crippen molar-refractivity contribution in [2.45, 2.75) is 80.1 Å². The molecule has 0 bridgehead atoms. The lowest BCUT2D eigenvalue weighted by molar-refractivity contribution is 0.126. The van der Waals surface area contributed by atoms with Gasteiger partial charge in [0.2, 0.25) is 0 Å². The summed E-state index contributed by atoms with van der Waals surface area (Å²) in [6.45, 7) is 1.44. The first-order chi connectivity index (χ1) is 15.5. The first kappa shape index (κ1) is 22.1. The number of pyridine rings is 1. The molecule has 2 fully saturated rings. The van der Waals surface area contributed by atoms with E-state index in [-0.39, 0.29) is 17.4 Å². The topological polar surface area (TPSA) is 116 Å². The van der Waals surface area contributed by atoms with Gasteiger partial charge in [0.25, 0.3) is 0 Å². The predicted molar refractivity (Wildman–Crippen MR) is 127 cm³/mol. The minimum Gasteiger partial charge on any atom is -0.393 e. The summed E-state index contributed by atoms with van der Waals surface area (Å²) in [6, 6.07) is 3.51.